The van der Waals surface area contributed by atoms with Crippen LogP contribution < -0.4 is 0 Å². The number of Topliss-reactive ketones (excluding diaryl/α,β-unsaturated/α-hetero) is 1. The second-order valence-corrected chi connectivity index (χ2v) is 6.55. The first-order valence-corrected chi connectivity index (χ1v) is 7.65. The van der Waals surface area contributed by atoms with Gasteiger partial charge in [0.2, 0.25) is 0 Å². The second kappa shape index (κ2) is 4.50. The second-order valence-electron chi connectivity index (χ2n) is 6.55. The number of nitro groups is 1. The molecule has 3 atom stereocenters. The summed E-state index contributed by atoms with van der Waals surface area (Å²) in [4.78, 5) is 35.0. The minimum absolute atomic E-state index is 0.0263. The van der Waals surface area contributed by atoms with Gasteiger partial charge in [0.15, 0.2) is 5.78 Å². The number of nitro benzene ring substituents is 1. The van der Waals surface area contributed by atoms with Crippen LogP contribution in [-0.4, -0.2) is 22.8 Å². The van der Waals surface area contributed by atoms with Crippen molar-refractivity contribution in [3.05, 3.63) is 51.1 Å². The zero-order chi connectivity index (χ0) is 16.4. The van der Waals surface area contributed by atoms with Gasteiger partial charge in [0, 0.05) is 30.0 Å². The highest BCUT2D eigenvalue weighted by atomic mass is 16.6. The van der Waals surface area contributed by atoms with Gasteiger partial charge in [-0.25, -0.2) is 0 Å². The van der Waals surface area contributed by atoms with Crippen LogP contribution in [0.5, 0.6) is 0 Å². The number of benzene rings is 1. The van der Waals surface area contributed by atoms with Crippen molar-refractivity contribution in [2.75, 3.05) is 0 Å². The Labute approximate surface area is 132 Å². The van der Waals surface area contributed by atoms with Crippen molar-refractivity contribution in [2.45, 2.75) is 38.2 Å². The molecule has 118 valence electrons. The first-order chi connectivity index (χ1) is 10.9. The summed E-state index contributed by atoms with van der Waals surface area (Å²) >= 11 is 0. The van der Waals surface area contributed by atoms with E-state index in [0.717, 1.165) is 11.1 Å². The summed E-state index contributed by atoms with van der Waals surface area (Å²) in [6.07, 6.45) is 1.15. The zero-order valence-electron chi connectivity index (χ0n) is 12.6. The molecule has 2 aliphatic carbocycles. The van der Waals surface area contributed by atoms with Crippen LogP contribution in [0.4, 0.5) is 5.69 Å². The quantitative estimate of drug-likeness (QED) is 0.476. The minimum Gasteiger partial charge on any atom is -0.457 e. The van der Waals surface area contributed by atoms with E-state index in [1.54, 1.807) is 12.1 Å². The number of rotatable bonds is 2. The Hall–Kier alpha value is -2.50. The molecule has 0 amide bonds. The third kappa shape index (κ3) is 1.75. The van der Waals surface area contributed by atoms with Crippen LogP contribution in [0, 0.1) is 15.5 Å². The maximum Gasteiger partial charge on any atom is 0.317 e. The van der Waals surface area contributed by atoms with Gasteiger partial charge >= 0.3 is 5.97 Å². The van der Waals surface area contributed by atoms with Gasteiger partial charge in [0.1, 0.15) is 6.10 Å². The molecule has 5 rings (SSSR count). The number of nitrogens with zero attached hydrogens (tertiary/aromatic N) is 1. The van der Waals surface area contributed by atoms with Crippen LogP contribution in [0.1, 0.15) is 37.7 Å². The van der Waals surface area contributed by atoms with Crippen molar-refractivity contribution in [1.29, 1.82) is 0 Å². The first-order valence-electron chi connectivity index (χ1n) is 7.65. The van der Waals surface area contributed by atoms with E-state index in [4.69, 9.17) is 4.74 Å². The van der Waals surface area contributed by atoms with Crippen molar-refractivity contribution in [2.24, 2.45) is 5.41 Å². The molecule has 1 aromatic carbocycles. The molecule has 2 bridgehead atoms. The molecule has 0 spiro atoms. The molecule has 0 radical (unpaired) electrons. The summed E-state index contributed by atoms with van der Waals surface area (Å²) in [6.45, 7) is 1.84. The van der Waals surface area contributed by atoms with Gasteiger partial charge in [-0.3, -0.25) is 19.7 Å². The summed E-state index contributed by atoms with van der Waals surface area (Å²) in [6, 6.07) is 6.33. The summed E-state index contributed by atoms with van der Waals surface area (Å²) in [5.74, 6) is -0.310. The van der Waals surface area contributed by atoms with Crippen molar-refractivity contribution in [1.82, 2.24) is 0 Å². The molecule has 2 unspecified atom stereocenters. The molecule has 1 fully saturated rings. The summed E-state index contributed by atoms with van der Waals surface area (Å²) in [7, 11) is 0. The maximum atomic E-state index is 12.5. The number of ketones is 1. The Morgan fingerprint density at radius 3 is 2.57 bits per heavy atom. The van der Waals surface area contributed by atoms with Crippen LogP contribution >= 0.6 is 0 Å². The van der Waals surface area contributed by atoms with Gasteiger partial charge < -0.3 is 4.74 Å². The van der Waals surface area contributed by atoms with Crippen LogP contribution in [0.15, 0.2) is 35.4 Å². The van der Waals surface area contributed by atoms with E-state index in [-0.39, 0.29) is 23.4 Å². The van der Waals surface area contributed by atoms with Gasteiger partial charge in [-0.05, 0) is 30.9 Å². The molecule has 23 heavy (non-hydrogen) atoms. The van der Waals surface area contributed by atoms with E-state index in [0.29, 0.717) is 24.8 Å². The van der Waals surface area contributed by atoms with E-state index < -0.39 is 16.4 Å². The Morgan fingerprint density at radius 1 is 1.22 bits per heavy atom. The molecule has 0 aromatic heterocycles. The van der Waals surface area contributed by atoms with Crippen LogP contribution in [0.3, 0.4) is 0 Å². The number of hydrogen-bond donors (Lipinski definition) is 0. The number of non-ortho nitro benzene ring substituents is 1. The first kappa shape index (κ1) is 14.1. The number of ether oxygens (including phenoxy) is 1. The lowest BCUT2D eigenvalue weighted by atomic mass is 9.60. The van der Waals surface area contributed by atoms with Crippen LogP contribution in [0.25, 0.3) is 0 Å². The fourth-order valence-electron chi connectivity index (χ4n) is 4.29. The number of carbonyl (C=O) groups is 2. The molecular formula is C17H15NO5. The summed E-state index contributed by atoms with van der Waals surface area (Å²) in [5, 5.41) is 10.8. The molecule has 2 heterocycles. The van der Waals surface area contributed by atoms with Crippen molar-refractivity contribution < 1.29 is 19.2 Å². The van der Waals surface area contributed by atoms with Crippen molar-refractivity contribution in [3.63, 3.8) is 0 Å². The molecule has 2 aliphatic heterocycles. The third-order valence-corrected chi connectivity index (χ3v) is 5.50. The Bertz CT molecular complexity index is 779. The van der Waals surface area contributed by atoms with Crippen molar-refractivity contribution in [3.8, 4) is 0 Å². The third-order valence-electron chi connectivity index (χ3n) is 5.50. The summed E-state index contributed by atoms with van der Waals surface area (Å²) in [5.41, 5.74) is 1.68. The number of esters is 1. The van der Waals surface area contributed by atoms with E-state index in [1.807, 2.05) is 6.92 Å². The number of hydrogen-bond acceptors (Lipinski definition) is 5. The lowest BCUT2D eigenvalue weighted by Crippen LogP contribution is -2.51. The minimum atomic E-state index is -0.841. The zero-order valence-corrected chi connectivity index (χ0v) is 12.6. The molecule has 6 heteroatoms. The van der Waals surface area contributed by atoms with Gasteiger partial charge in [0.05, 0.1) is 10.3 Å². The Balaban J connectivity index is 1.80. The van der Waals surface area contributed by atoms with Gasteiger partial charge in [-0.2, -0.15) is 0 Å². The highest BCUT2D eigenvalue weighted by molar-refractivity contribution is 6.04. The summed E-state index contributed by atoms with van der Waals surface area (Å²) < 4.78 is 5.46. The van der Waals surface area contributed by atoms with E-state index in [9.17, 15) is 19.7 Å². The predicted octanol–water partition coefficient (Wildman–Crippen LogP) is 2.67. The molecule has 1 saturated heterocycles. The Morgan fingerprint density at radius 2 is 1.91 bits per heavy atom. The van der Waals surface area contributed by atoms with E-state index in [2.05, 4.69) is 0 Å². The number of carbonyl (C=O) groups excluding carboxylic acids is 2. The Kier molecular flexibility index (Phi) is 2.76. The SMILES string of the molecule is CC12C(=O)OC(C[C@H]1c1ccc([N+](=O)[O-])cc1)C1=C2CCC1=O. The monoisotopic (exact) mass is 313 g/mol. The smallest absolute Gasteiger partial charge is 0.317 e. The molecule has 6 nitrogen and oxygen atoms in total. The topological polar surface area (TPSA) is 86.5 Å². The normalized spacial score (nSPS) is 32.0. The average molecular weight is 313 g/mol. The largest absolute Gasteiger partial charge is 0.457 e. The van der Waals surface area contributed by atoms with Crippen molar-refractivity contribution >= 4 is 17.4 Å². The average Bonchev–Trinajstić information content (AvgIpc) is 2.93. The predicted molar refractivity (Wildman–Crippen MR) is 79.7 cm³/mol. The standard InChI is InChI=1S/C17H15NO5/c1-17-11-6-7-13(19)15(11)14(23-16(17)20)8-12(17)9-2-4-10(5-3-9)18(21)22/h2-5,12,14H,6-8H2,1H3/t12-,14?,17?/m0/s1. The lowest BCUT2D eigenvalue weighted by Gasteiger charge is -2.49. The van der Waals surface area contributed by atoms with Crippen LogP contribution in [0.2, 0.25) is 0 Å². The molecule has 1 aromatic rings. The molecule has 0 N–H and O–H groups in total. The highest BCUT2D eigenvalue weighted by Gasteiger charge is 2.59. The maximum absolute atomic E-state index is 12.5. The fraction of sp³-hybridized carbons (Fsp3) is 0.412. The highest BCUT2D eigenvalue weighted by Crippen LogP contribution is 2.58. The van der Waals surface area contributed by atoms with E-state index in [1.165, 1.54) is 12.1 Å². The molecular weight excluding hydrogens is 298 g/mol. The van der Waals surface area contributed by atoms with E-state index >= 15 is 0 Å². The lowest BCUT2D eigenvalue weighted by molar-refractivity contribution is -0.384. The fourth-order valence-corrected chi connectivity index (χ4v) is 4.29. The van der Waals surface area contributed by atoms with Crippen LogP contribution in [-0.2, 0) is 14.3 Å². The molecule has 4 aliphatic rings. The number of fused-ring (bicyclic) bond motifs is 2. The van der Waals surface area contributed by atoms with Gasteiger partial charge in [0.25, 0.3) is 5.69 Å². The van der Waals surface area contributed by atoms with Gasteiger partial charge in [-0.15, -0.1) is 0 Å². The molecule has 0 saturated carbocycles. The van der Waals surface area contributed by atoms with Gasteiger partial charge in [-0.1, -0.05) is 12.1 Å².